The molecule has 1 aliphatic rings. The van der Waals surface area contributed by atoms with E-state index in [9.17, 15) is 26.0 Å². The maximum atomic E-state index is 13.2. The summed E-state index contributed by atoms with van der Waals surface area (Å²) in [5.74, 6) is -1.24. The van der Waals surface area contributed by atoms with Crippen LogP contribution in [0.1, 0.15) is 17.0 Å². The fourth-order valence-corrected chi connectivity index (χ4v) is 3.31. The monoisotopic (exact) mass is 383 g/mol. The van der Waals surface area contributed by atoms with Crippen LogP contribution in [-0.2, 0) is 10.0 Å². The molecule has 0 aromatic heterocycles. The van der Waals surface area contributed by atoms with E-state index in [0.717, 1.165) is 12.2 Å². The number of sulfonamides is 1. The van der Waals surface area contributed by atoms with E-state index in [1.165, 1.54) is 48.5 Å². The predicted octanol–water partition coefficient (Wildman–Crippen LogP) is 4.14. The summed E-state index contributed by atoms with van der Waals surface area (Å²) in [6.07, 6.45) is -2.45. The highest BCUT2D eigenvalue weighted by atomic mass is 32.2. The number of rotatable bonds is 3. The minimum atomic E-state index is -4.53. The number of alkyl halides is 3. The molecule has 0 spiro atoms. The molecule has 136 valence electrons. The molecule has 2 aromatic rings. The number of primary sulfonamides is 1. The SMILES string of the molecule is NS(=O)(=O)c1ccc(C2C=C(C(F)(F)F)C=C2c2ccc(F)cc2)cc1. The van der Waals surface area contributed by atoms with Gasteiger partial charge in [-0.2, -0.15) is 13.2 Å². The summed E-state index contributed by atoms with van der Waals surface area (Å²) in [5, 5.41) is 5.04. The molecular weight excluding hydrogens is 370 g/mol. The van der Waals surface area contributed by atoms with E-state index in [2.05, 4.69) is 0 Å². The molecule has 1 unspecified atom stereocenters. The van der Waals surface area contributed by atoms with Crippen molar-refractivity contribution in [1.82, 2.24) is 0 Å². The largest absolute Gasteiger partial charge is 0.416 e. The Hall–Kier alpha value is -2.45. The smallest absolute Gasteiger partial charge is 0.225 e. The van der Waals surface area contributed by atoms with Crippen LogP contribution in [-0.4, -0.2) is 14.6 Å². The van der Waals surface area contributed by atoms with E-state index < -0.39 is 33.5 Å². The summed E-state index contributed by atoms with van der Waals surface area (Å²) in [4.78, 5) is -0.133. The van der Waals surface area contributed by atoms with Gasteiger partial charge in [0.25, 0.3) is 0 Å². The van der Waals surface area contributed by atoms with Crippen molar-refractivity contribution in [2.24, 2.45) is 5.14 Å². The standard InChI is InChI=1S/C18H13F4NO2S/c19-14-5-1-11(2-6-14)16-9-13(18(20,21)22)10-17(16)12-3-7-15(8-4-12)26(23,24)25/h1-10,17H,(H2,23,24,25). The van der Waals surface area contributed by atoms with E-state index in [-0.39, 0.29) is 4.90 Å². The van der Waals surface area contributed by atoms with Crippen molar-refractivity contribution in [3.63, 3.8) is 0 Å². The minimum absolute atomic E-state index is 0.133. The van der Waals surface area contributed by atoms with E-state index in [0.29, 0.717) is 16.7 Å². The van der Waals surface area contributed by atoms with Gasteiger partial charge < -0.3 is 0 Å². The van der Waals surface area contributed by atoms with Crippen LogP contribution in [0.2, 0.25) is 0 Å². The quantitative estimate of drug-likeness (QED) is 0.810. The molecule has 26 heavy (non-hydrogen) atoms. The molecule has 2 N–H and O–H groups in total. The molecule has 1 aliphatic carbocycles. The third kappa shape index (κ3) is 3.71. The van der Waals surface area contributed by atoms with Crippen LogP contribution in [0, 0.1) is 5.82 Å². The molecule has 0 radical (unpaired) electrons. The van der Waals surface area contributed by atoms with Crippen molar-refractivity contribution in [3.8, 4) is 0 Å². The van der Waals surface area contributed by atoms with E-state index in [4.69, 9.17) is 5.14 Å². The molecule has 8 heteroatoms. The lowest BCUT2D eigenvalue weighted by atomic mass is 9.89. The first kappa shape index (κ1) is 18.3. The fourth-order valence-electron chi connectivity index (χ4n) is 2.80. The van der Waals surface area contributed by atoms with Gasteiger partial charge in [-0.25, -0.2) is 17.9 Å². The van der Waals surface area contributed by atoms with Gasteiger partial charge in [0.05, 0.1) is 10.5 Å². The van der Waals surface area contributed by atoms with Gasteiger partial charge in [-0.15, -0.1) is 0 Å². The van der Waals surface area contributed by atoms with Crippen LogP contribution >= 0.6 is 0 Å². The maximum absolute atomic E-state index is 13.2. The molecule has 3 nitrogen and oxygen atoms in total. The van der Waals surface area contributed by atoms with Crippen molar-refractivity contribution in [3.05, 3.63) is 83.2 Å². The van der Waals surface area contributed by atoms with Crippen LogP contribution < -0.4 is 5.14 Å². The van der Waals surface area contributed by atoms with Gasteiger partial charge in [-0.3, -0.25) is 0 Å². The average Bonchev–Trinajstić information content (AvgIpc) is 3.00. The van der Waals surface area contributed by atoms with Gasteiger partial charge in [0.15, 0.2) is 0 Å². The molecule has 0 amide bonds. The number of allylic oxidation sites excluding steroid dienone is 4. The van der Waals surface area contributed by atoms with Crippen LogP contribution in [0.4, 0.5) is 17.6 Å². The summed E-state index contributed by atoms with van der Waals surface area (Å²) < 4.78 is 75.3. The Kier molecular flexibility index (Phi) is 4.49. The summed E-state index contributed by atoms with van der Waals surface area (Å²) in [6, 6.07) is 10.5. The van der Waals surface area contributed by atoms with E-state index >= 15 is 0 Å². The summed E-state index contributed by atoms with van der Waals surface area (Å²) in [5.41, 5.74) is 0.452. The Labute approximate surface area is 147 Å². The molecule has 2 aromatic carbocycles. The first-order valence-electron chi connectivity index (χ1n) is 7.45. The van der Waals surface area contributed by atoms with Gasteiger partial charge >= 0.3 is 6.18 Å². The maximum Gasteiger partial charge on any atom is 0.416 e. The second-order valence-corrected chi connectivity index (χ2v) is 7.38. The Morgan fingerprint density at radius 1 is 0.923 bits per heavy atom. The lowest BCUT2D eigenvalue weighted by molar-refractivity contribution is -0.0880. The van der Waals surface area contributed by atoms with E-state index in [1.807, 2.05) is 0 Å². The van der Waals surface area contributed by atoms with Crippen LogP contribution in [0.15, 0.2) is 71.2 Å². The fraction of sp³-hybridized carbons (Fsp3) is 0.111. The average molecular weight is 383 g/mol. The van der Waals surface area contributed by atoms with Gasteiger partial charge in [0, 0.05) is 5.92 Å². The molecule has 0 bridgehead atoms. The predicted molar refractivity (Wildman–Crippen MR) is 89.1 cm³/mol. The molecule has 1 atom stereocenters. The van der Waals surface area contributed by atoms with Gasteiger partial charge in [0.1, 0.15) is 5.82 Å². The van der Waals surface area contributed by atoms with Gasteiger partial charge in [0.2, 0.25) is 10.0 Å². The number of halogens is 4. The molecule has 0 saturated heterocycles. The third-order valence-electron chi connectivity index (χ3n) is 4.06. The van der Waals surface area contributed by atoms with Crippen LogP contribution in [0.25, 0.3) is 5.57 Å². The molecule has 0 heterocycles. The zero-order valence-corrected chi connectivity index (χ0v) is 14.0. The highest BCUT2D eigenvalue weighted by Gasteiger charge is 2.37. The van der Waals surface area contributed by atoms with Crippen LogP contribution in [0.5, 0.6) is 0 Å². The minimum Gasteiger partial charge on any atom is -0.225 e. The summed E-state index contributed by atoms with van der Waals surface area (Å²) in [7, 11) is -3.90. The highest BCUT2D eigenvalue weighted by molar-refractivity contribution is 7.89. The summed E-state index contributed by atoms with van der Waals surface area (Å²) in [6.45, 7) is 0. The Bertz CT molecular complexity index is 989. The van der Waals surface area contributed by atoms with Crippen molar-refractivity contribution >= 4 is 15.6 Å². The van der Waals surface area contributed by atoms with Gasteiger partial charge in [-0.1, -0.05) is 30.3 Å². The van der Waals surface area contributed by atoms with Crippen molar-refractivity contribution in [2.45, 2.75) is 17.0 Å². The topological polar surface area (TPSA) is 60.2 Å². The van der Waals surface area contributed by atoms with Gasteiger partial charge in [-0.05, 0) is 47.0 Å². The first-order chi connectivity index (χ1) is 12.1. The number of hydrogen-bond donors (Lipinski definition) is 1. The number of hydrogen-bond acceptors (Lipinski definition) is 2. The number of nitrogens with two attached hydrogens (primary N) is 1. The van der Waals surface area contributed by atoms with Crippen molar-refractivity contribution in [1.29, 1.82) is 0 Å². The number of benzene rings is 2. The first-order valence-corrected chi connectivity index (χ1v) is 8.99. The van der Waals surface area contributed by atoms with Crippen molar-refractivity contribution in [2.75, 3.05) is 0 Å². The lowest BCUT2D eigenvalue weighted by Gasteiger charge is -2.15. The normalized spacial score (nSPS) is 17.8. The molecule has 0 saturated carbocycles. The third-order valence-corrected chi connectivity index (χ3v) is 4.99. The van der Waals surface area contributed by atoms with Crippen LogP contribution in [0.3, 0.4) is 0 Å². The second kappa shape index (κ2) is 6.37. The molecule has 0 fully saturated rings. The molecule has 3 rings (SSSR count). The summed E-state index contributed by atoms with van der Waals surface area (Å²) >= 11 is 0. The zero-order chi connectivity index (χ0) is 19.1. The highest BCUT2D eigenvalue weighted by Crippen LogP contribution is 2.44. The Morgan fingerprint density at radius 3 is 2.00 bits per heavy atom. The Balaban J connectivity index is 2.06. The molecular formula is C18H13F4NO2S. The van der Waals surface area contributed by atoms with E-state index in [1.54, 1.807) is 0 Å². The Morgan fingerprint density at radius 2 is 1.50 bits per heavy atom. The van der Waals surface area contributed by atoms with Crippen molar-refractivity contribution < 1.29 is 26.0 Å². The molecule has 0 aliphatic heterocycles. The zero-order valence-electron chi connectivity index (χ0n) is 13.2. The second-order valence-electron chi connectivity index (χ2n) is 5.82. The lowest BCUT2D eigenvalue weighted by Crippen LogP contribution is -2.12.